The van der Waals surface area contributed by atoms with E-state index in [1.807, 2.05) is 0 Å². The SMILES string of the molecule is O=C(O)C1CCCN1c1cccc(C(F)(F)F)c1. The number of alkyl halides is 3. The molecular weight excluding hydrogens is 247 g/mol. The molecule has 0 radical (unpaired) electrons. The van der Waals surface area contributed by atoms with E-state index in [0.717, 1.165) is 12.1 Å². The quantitative estimate of drug-likeness (QED) is 0.887. The highest BCUT2D eigenvalue weighted by molar-refractivity contribution is 5.79. The highest BCUT2D eigenvalue weighted by Gasteiger charge is 2.34. The number of rotatable bonds is 2. The number of carboxylic acids is 1. The average molecular weight is 259 g/mol. The lowest BCUT2D eigenvalue weighted by Gasteiger charge is -2.24. The van der Waals surface area contributed by atoms with Crippen LogP contribution < -0.4 is 4.90 Å². The van der Waals surface area contributed by atoms with Crippen molar-refractivity contribution in [2.24, 2.45) is 0 Å². The van der Waals surface area contributed by atoms with Crippen molar-refractivity contribution in [1.82, 2.24) is 0 Å². The lowest BCUT2D eigenvalue weighted by molar-refractivity contribution is -0.138. The second-order valence-electron chi connectivity index (χ2n) is 4.24. The number of nitrogens with zero attached hydrogens (tertiary/aromatic N) is 1. The number of carbonyl (C=O) groups is 1. The van der Waals surface area contributed by atoms with E-state index in [-0.39, 0.29) is 0 Å². The molecule has 0 bridgehead atoms. The van der Waals surface area contributed by atoms with Crippen molar-refractivity contribution in [3.8, 4) is 0 Å². The third-order valence-corrected chi connectivity index (χ3v) is 3.04. The van der Waals surface area contributed by atoms with Gasteiger partial charge in [0.1, 0.15) is 6.04 Å². The zero-order valence-corrected chi connectivity index (χ0v) is 9.44. The van der Waals surface area contributed by atoms with Crippen molar-refractivity contribution >= 4 is 11.7 Å². The molecule has 1 aromatic carbocycles. The van der Waals surface area contributed by atoms with E-state index in [0.29, 0.717) is 25.1 Å². The second kappa shape index (κ2) is 4.51. The minimum atomic E-state index is -4.41. The molecule has 1 N–H and O–H groups in total. The number of hydrogen-bond donors (Lipinski definition) is 1. The summed E-state index contributed by atoms with van der Waals surface area (Å²) in [5, 5.41) is 9.01. The molecule has 1 atom stereocenters. The van der Waals surface area contributed by atoms with Crippen LogP contribution in [0, 0.1) is 0 Å². The molecule has 0 saturated carbocycles. The minimum Gasteiger partial charge on any atom is -0.480 e. The van der Waals surface area contributed by atoms with Crippen LogP contribution in [0.15, 0.2) is 24.3 Å². The van der Waals surface area contributed by atoms with Crippen molar-refractivity contribution in [1.29, 1.82) is 0 Å². The second-order valence-corrected chi connectivity index (χ2v) is 4.24. The highest BCUT2D eigenvalue weighted by atomic mass is 19.4. The van der Waals surface area contributed by atoms with Crippen LogP contribution >= 0.6 is 0 Å². The van der Waals surface area contributed by atoms with Gasteiger partial charge in [-0.05, 0) is 31.0 Å². The van der Waals surface area contributed by atoms with Gasteiger partial charge in [0.05, 0.1) is 5.56 Å². The summed E-state index contributed by atoms with van der Waals surface area (Å²) in [5.74, 6) is -0.995. The van der Waals surface area contributed by atoms with Crippen LogP contribution in [0.1, 0.15) is 18.4 Å². The Morgan fingerprint density at radius 3 is 2.72 bits per heavy atom. The van der Waals surface area contributed by atoms with Crippen LogP contribution in [0.2, 0.25) is 0 Å². The molecular formula is C12H12F3NO2. The van der Waals surface area contributed by atoms with Crippen molar-refractivity contribution in [2.45, 2.75) is 25.1 Å². The van der Waals surface area contributed by atoms with Gasteiger partial charge in [0.2, 0.25) is 0 Å². The Hall–Kier alpha value is -1.72. The molecule has 1 saturated heterocycles. The molecule has 1 aromatic rings. The standard InChI is InChI=1S/C12H12F3NO2/c13-12(14,15)8-3-1-4-9(7-8)16-6-2-5-10(16)11(17)18/h1,3-4,7,10H,2,5-6H2,(H,17,18). The van der Waals surface area contributed by atoms with Crippen LogP contribution in [-0.2, 0) is 11.0 Å². The fourth-order valence-electron chi connectivity index (χ4n) is 2.19. The maximum absolute atomic E-state index is 12.6. The van der Waals surface area contributed by atoms with Gasteiger partial charge in [0.25, 0.3) is 0 Å². The molecule has 3 nitrogen and oxygen atoms in total. The van der Waals surface area contributed by atoms with Gasteiger partial charge in [-0.2, -0.15) is 13.2 Å². The van der Waals surface area contributed by atoms with Gasteiger partial charge in [-0.3, -0.25) is 0 Å². The van der Waals surface area contributed by atoms with E-state index >= 15 is 0 Å². The van der Waals surface area contributed by atoms with E-state index in [4.69, 9.17) is 5.11 Å². The Morgan fingerprint density at radius 1 is 1.39 bits per heavy atom. The fourth-order valence-corrected chi connectivity index (χ4v) is 2.19. The minimum absolute atomic E-state index is 0.315. The molecule has 1 heterocycles. The number of benzene rings is 1. The molecule has 1 aliphatic heterocycles. The van der Waals surface area contributed by atoms with E-state index in [1.165, 1.54) is 17.0 Å². The van der Waals surface area contributed by atoms with Crippen LogP contribution in [0.25, 0.3) is 0 Å². The van der Waals surface area contributed by atoms with Gasteiger partial charge in [-0.1, -0.05) is 6.07 Å². The number of halogens is 3. The van der Waals surface area contributed by atoms with Crippen molar-refractivity contribution in [2.75, 3.05) is 11.4 Å². The Labute approximate surface area is 102 Å². The van der Waals surface area contributed by atoms with Crippen molar-refractivity contribution < 1.29 is 23.1 Å². The van der Waals surface area contributed by atoms with E-state index < -0.39 is 23.8 Å². The number of anilines is 1. The first-order chi connectivity index (χ1) is 8.39. The smallest absolute Gasteiger partial charge is 0.416 e. The summed E-state index contributed by atoms with van der Waals surface area (Å²) in [6.07, 6.45) is -3.27. The third kappa shape index (κ3) is 2.42. The summed E-state index contributed by atoms with van der Waals surface area (Å²) in [4.78, 5) is 12.5. The van der Waals surface area contributed by atoms with Gasteiger partial charge >= 0.3 is 12.1 Å². The molecule has 0 amide bonds. The van der Waals surface area contributed by atoms with Crippen LogP contribution in [0.5, 0.6) is 0 Å². The van der Waals surface area contributed by atoms with E-state index in [1.54, 1.807) is 0 Å². The first kappa shape index (κ1) is 12.7. The van der Waals surface area contributed by atoms with Crippen molar-refractivity contribution in [3.63, 3.8) is 0 Å². The topological polar surface area (TPSA) is 40.5 Å². The maximum Gasteiger partial charge on any atom is 0.416 e. The molecule has 0 spiro atoms. The third-order valence-electron chi connectivity index (χ3n) is 3.04. The molecule has 98 valence electrons. The van der Waals surface area contributed by atoms with Gasteiger partial charge < -0.3 is 10.0 Å². The van der Waals surface area contributed by atoms with E-state index in [2.05, 4.69) is 0 Å². The first-order valence-corrected chi connectivity index (χ1v) is 5.56. The molecule has 2 rings (SSSR count). The highest BCUT2D eigenvalue weighted by Crippen LogP contribution is 2.33. The monoisotopic (exact) mass is 259 g/mol. The molecule has 1 fully saturated rings. The van der Waals surface area contributed by atoms with Crippen LogP contribution in [-0.4, -0.2) is 23.7 Å². The molecule has 0 aliphatic carbocycles. The van der Waals surface area contributed by atoms with Crippen LogP contribution in [0.3, 0.4) is 0 Å². The molecule has 18 heavy (non-hydrogen) atoms. The van der Waals surface area contributed by atoms with Gasteiger partial charge in [-0.15, -0.1) is 0 Å². The fraction of sp³-hybridized carbons (Fsp3) is 0.417. The van der Waals surface area contributed by atoms with Gasteiger partial charge in [0.15, 0.2) is 0 Å². The lowest BCUT2D eigenvalue weighted by atomic mass is 10.1. The Balaban J connectivity index is 2.31. The average Bonchev–Trinajstić information content (AvgIpc) is 2.77. The Kier molecular flexibility index (Phi) is 3.19. The lowest BCUT2D eigenvalue weighted by Crippen LogP contribution is -2.35. The zero-order valence-electron chi connectivity index (χ0n) is 9.44. The molecule has 1 aliphatic rings. The predicted molar refractivity (Wildman–Crippen MR) is 59.4 cm³/mol. The summed E-state index contributed by atoms with van der Waals surface area (Å²) < 4.78 is 37.7. The molecule has 1 unspecified atom stereocenters. The van der Waals surface area contributed by atoms with Gasteiger partial charge in [-0.25, -0.2) is 4.79 Å². The van der Waals surface area contributed by atoms with Crippen molar-refractivity contribution in [3.05, 3.63) is 29.8 Å². The summed E-state index contributed by atoms with van der Waals surface area (Å²) in [5.41, 5.74) is -0.439. The largest absolute Gasteiger partial charge is 0.480 e. The molecule has 0 aromatic heterocycles. The normalized spacial score (nSPS) is 20.2. The summed E-state index contributed by atoms with van der Waals surface area (Å²) in [6.45, 7) is 0.471. The van der Waals surface area contributed by atoms with E-state index in [9.17, 15) is 18.0 Å². The number of carboxylic acid groups (broad SMARTS) is 1. The number of aliphatic carboxylic acids is 1. The molecule has 6 heteroatoms. The Morgan fingerprint density at radius 2 is 2.11 bits per heavy atom. The first-order valence-electron chi connectivity index (χ1n) is 5.56. The zero-order chi connectivity index (χ0) is 13.3. The summed E-state index contributed by atoms with van der Waals surface area (Å²) >= 11 is 0. The van der Waals surface area contributed by atoms with Gasteiger partial charge in [0, 0.05) is 12.2 Å². The summed E-state index contributed by atoms with van der Waals surface area (Å²) in [7, 11) is 0. The number of hydrogen-bond acceptors (Lipinski definition) is 2. The summed E-state index contributed by atoms with van der Waals surface area (Å²) in [6, 6.07) is 4.07. The Bertz CT molecular complexity index is 459. The predicted octanol–water partition coefficient (Wildman–Crippen LogP) is 2.76. The van der Waals surface area contributed by atoms with Crippen LogP contribution in [0.4, 0.5) is 18.9 Å². The maximum atomic E-state index is 12.6.